The zero-order valence-corrected chi connectivity index (χ0v) is 12.7. The van der Waals surface area contributed by atoms with Gasteiger partial charge in [0, 0.05) is 12.0 Å². The topological polar surface area (TPSA) is 33.5 Å². The number of fused-ring (bicyclic) bond motifs is 1. The molecule has 1 aromatic rings. The minimum atomic E-state index is -0.598. The highest BCUT2D eigenvalue weighted by atomic mass is 19.1. The first-order valence-electron chi connectivity index (χ1n) is 8.23. The van der Waals surface area contributed by atoms with Crippen LogP contribution >= 0.6 is 0 Å². The molecule has 0 aromatic heterocycles. The number of likely N-dealkylation sites (tertiary alicyclic amines) is 1. The third-order valence-electron chi connectivity index (χ3n) is 5.10. The lowest BCUT2D eigenvalue weighted by Gasteiger charge is -2.40. The van der Waals surface area contributed by atoms with Crippen molar-refractivity contribution in [3.63, 3.8) is 0 Å². The van der Waals surface area contributed by atoms with E-state index in [9.17, 15) is 13.6 Å². The summed E-state index contributed by atoms with van der Waals surface area (Å²) in [5.41, 5.74) is -0.0680. The van der Waals surface area contributed by atoms with Gasteiger partial charge in [-0.05, 0) is 44.2 Å². The van der Waals surface area contributed by atoms with E-state index >= 15 is 0 Å². The lowest BCUT2D eigenvalue weighted by molar-refractivity contribution is -0.928. The molecule has 1 heterocycles. The Kier molecular flexibility index (Phi) is 4.71. The molecule has 1 unspecified atom stereocenters. The van der Waals surface area contributed by atoms with E-state index in [1.54, 1.807) is 0 Å². The van der Waals surface area contributed by atoms with Crippen molar-refractivity contribution in [2.45, 2.75) is 44.6 Å². The quantitative estimate of drug-likeness (QED) is 0.881. The number of benzene rings is 1. The fraction of sp³-hybridized carbons (Fsp3) is 0.588. The van der Waals surface area contributed by atoms with Crippen LogP contribution in [0.1, 0.15) is 38.5 Å². The van der Waals surface area contributed by atoms with Crippen LogP contribution in [-0.4, -0.2) is 25.0 Å². The first-order chi connectivity index (χ1) is 10.6. The van der Waals surface area contributed by atoms with E-state index in [0.29, 0.717) is 12.6 Å². The summed E-state index contributed by atoms with van der Waals surface area (Å²) in [6.45, 7) is 1.34. The van der Waals surface area contributed by atoms with Crippen molar-refractivity contribution in [1.29, 1.82) is 0 Å². The first kappa shape index (κ1) is 15.4. The van der Waals surface area contributed by atoms with Crippen molar-refractivity contribution in [3.05, 3.63) is 29.8 Å². The normalized spacial score (nSPS) is 28.0. The molecule has 22 heavy (non-hydrogen) atoms. The Morgan fingerprint density at radius 1 is 1.18 bits per heavy atom. The van der Waals surface area contributed by atoms with E-state index in [1.807, 2.05) is 0 Å². The molecule has 1 saturated carbocycles. The molecule has 2 aliphatic rings. The average molecular weight is 309 g/mol. The van der Waals surface area contributed by atoms with E-state index in [1.165, 1.54) is 37.0 Å². The highest BCUT2D eigenvalue weighted by Crippen LogP contribution is 2.28. The maximum atomic E-state index is 13.6. The summed E-state index contributed by atoms with van der Waals surface area (Å²) in [5.74, 6) is -0.643. The maximum Gasteiger partial charge on any atom is 0.279 e. The standard InChI is InChI=1S/C17H22F2N2O/c18-13-7-8-14(19)15(10-13)20-17(22)11-21-9-3-5-12-4-1-2-6-16(12)21/h7-8,10,12,16H,1-6,9,11H2,(H,20,22)/p+1/t12-,16-/m0/s1. The highest BCUT2D eigenvalue weighted by Gasteiger charge is 2.37. The van der Waals surface area contributed by atoms with Crippen LogP contribution in [-0.2, 0) is 4.79 Å². The van der Waals surface area contributed by atoms with Crippen molar-refractivity contribution < 1.29 is 18.5 Å². The van der Waals surface area contributed by atoms with Crippen LogP contribution in [0.5, 0.6) is 0 Å². The minimum Gasteiger partial charge on any atom is -0.324 e. The molecule has 1 aliphatic heterocycles. The number of carbonyl (C=O) groups is 1. The first-order valence-corrected chi connectivity index (χ1v) is 8.23. The van der Waals surface area contributed by atoms with Crippen LogP contribution in [0.4, 0.5) is 14.5 Å². The van der Waals surface area contributed by atoms with Gasteiger partial charge in [0.2, 0.25) is 0 Å². The van der Waals surface area contributed by atoms with Gasteiger partial charge in [0.15, 0.2) is 6.54 Å². The number of anilines is 1. The van der Waals surface area contributed by atoms with Gasteiger partial charge in [0.1, 0.15) is 11.6 Å². The van der Waals surface area contributed by atoms with Crippen molar-refractivity contribution >= 4 is 11.6 Å². The van der Waals surface area contributed by atoms with Crippen molar-refractivity contribution in [3.8, 4) is 0 Å². The van der Waals surface area contributed by atoms with Gasteiger partial charge in [-0.2, -0.15) is 0 Å². The Morgan fingerprint density at radius 3 is 2.82 bits per heavy atom. The molecule has 2 fully saturated rings. The third-order valence-corrected chi connectivity index (χ3v) is 5.10. The van der Waals surface area contributed by atoms with Gasteiger partial charge in [-0.1, -0.05) is 6.42 Å². The molecule has 120 valence electrons. The molecule has 5 heteroatoms. The predicted octanol–water partition coefficient (Wildman–Crippen LogP) is 2.14. The number of halogens is 2. The fourth-order valence-electron chi connectivity index (χ4n) is 4.08. The SMILES string of the molecule is O=C(C[NH+]1CCC[C@@H]2CCCC[C@@H]21)Nc1cc(F)ccc1F. The Labute approximate surface area is 129 Å². The van der Waals surface area contributed by atoms with Crippen LogP contribution < -0.4 is 10.2 Å². The molecule has 1 aliphatic carbocycles. The van der Waals surface area contributed by atoms with E-state index in [0.717, 1.165) is 37.1 Å². The Hall–Kier alpha value is -1.49. The zero-order chi connectivity index (χ0) is 15.5. The maximum absolute atomic E-state index is 13.6. The summed E-state index contributed by atoms with van der Waals surface area (Å²) in [7, 11) is 0. The molecule has 0 bridgehead atoms. The summed E-state index contributed by atoms with van der Waals surface area (Å²) in [4.78, 5) is 13.5. The number of rotatable bonds is 3. The van der Waals surface area contributed by atoms with Crippen molar-refractivity contribution in [1.82, 2.24) is 0 Å². The van der Waals surface area contributed by atoms with Gasteiger partial charge in [0.25, 0.3) is 5.91 Å². The summed E-state index contributed by atoms with van der Waals surface area (Å²) >= 11 is 0. The van der Waals surface area contributed by atoms with E-state index in [-0.39, 0.29) is 11.6 Å². The van der Waals surface area contributed by atoms with Gasteiger partial charge in [-0.15, -0.1) is 0 Å². The van der Waals surface area contributed by atoms with Gasteiger partial charge >= 0.3 is 0 Å². The molecule has 3 atom stereocenters. The average Bonchev–Trinajstić information content (AvgIpc) is 2.51. The molecule has 1 saturated heterocycles. The monoisotopic (exact) mass is 309 g/mol. The van der Waals surface area contributed by atoms with Gasteiger partial charge in [-0.25, -0.2) is 8.78 Å². The molecule has 1 amide bonds. The van der Waals surface area contributed by atoms with Crippen LogP contribution in [0.3, 0.4) is 0 Å². The number of amides is 1. The van der Waals surface area contributed by atoms with Crippen LogP contribution in [0, 0.1) is 17.6 Å². The number of nitrogens with one attached hydrogen (secondary N) is 2. The number of piperidine rings is 1. The molecule has 0 spiro atoms. The molecular weight excluding hydrogens is 286 g/mol. The van der Waals surface area contributed by atoms with Gasteiger partial charge in [0.05, 0.1) is 18.3 Å². The number of quaternary nitrogens is 1. The Balaban J connectivity index is 1.62. The molecule has 3 rings (SSSR count). The Bertz CT molecular complexity index is 547. The van der Waals surface area contributed by atoms with E-state index < -0.39 is 11.6 Å². The molecular formula is C17H23F2N2O+. The number of carbonyl (C=O) groups excluding carboxylic acids is 1. The summed E-state index contributed by atoms with van der Waals surface area (Å²) < 4.78 is 26.7. The van der Waals surface area contributed by atoms with Crippen LogP contribution in [0.2, 0.25) is 0 Å². The van der Waals surface area contributed by atoms with Crippen LogP contribution in [0.25, 0.3) is 0 Å². The molecule has 2 N–H and O–H groups in total. The largest absolute Gasteiger partial charge is 0.324 e. The highest BCUT2D eigenvalue weighted by molar-refractivity contribution is 5.91. The van der Waals surface area contributed by atoms with Crippen molar-refractivity contribution in [2.24, 2.45) is 5.92 Å². The molecule has 3 nitrogen and oxygen atoms in total. The second-order valence-electron chi connectivity index (χ2n) is 6.55. The summed E-state index contributed by atoms with van der Waals surface area (Å²) in [6.07, 6.45) is 7.42. The number of hydrogen-bond acceptors (Lipinski definition) is 1. The van der Waals surface area contributed by atoms with Crippen molar-refractivity contribution in [2.75, 3.05) is 18.4 Å². The molecule has 1 aromatic carbocycles. The lowest BCUT2D eigenvalue weighted by Crippen LogP contribution is -3.18. The fourth-order valence-corrected chi connectivity index (χ4v) is 4.08. The lowest BCUT2D eigenvalue weighted by atomic mass is 9.78. The molecule has 0 radical (unpaired) electrons. The van der Waals surface area contributed by atoms with Gasteiger partial charge < -0.3 is 10.2 Å². The zero-order valence-electron chi connectivity index (χ0n) is 12.7. The smallest absolute Gasteiger partial charge is 0.279 e. The van der Waals surface area contributed by atoms with Crippen LogP contribution in [0.15, 0.2) is 18.2 Å². The second-order valence-corrected chi connectivity index (χ2v) is 6.55. The summed E-state index contributed by atoms with van der Waals surface area (Å²) in [5, 5.41) is 2.52. The Morgan fingerprint density at radius 2 is 1.95 bits per heavy atom. The third kappa shape index (κ3) is 3.46. The number of hydrogen-bond donors (Lipinski definition) is 2. The van der Waals surface area contributed by atoms with Gasteiger partial charge in [-0.3, -0.25) is 4.79 Å². The predicted molar refractivity (Wildman–Crippen MR) is 80.7 cm³/mol. The minimum absolute atomic E-state index is 0.0680. The van der Waals surface area contributed by atoms with E-state index in [4.69, 9.17) is 0 Å². The summed E-state index contributed by atoms with van der Waals surface area (Å²) in [6, 6.07) is 3.68. The van der Waals surface area contributed by atoms with E-state index in [2.05, 4.69) is 5.32 Å². The second kappa shape index (κ2) is 6.73.